The number of hydrogen-bond donors (Lipinski definition) is 0. The molecule has 0 spiro atoms. The van der Waals surface area contributed by atoms with Crippen molar-refractivity contribution < 1.29 is 14.3 Å². The summed E-state index contributed by atoms with van der Waals surface area (Å²) in [6.07, 6.45) is 5.25. The third kappa shape index (κ3) is 9.26. The van der Waals surface area contributed by atoms with Crippen molar-refractivity contribution in [3.05, 3.63) is 12.7 Å². The molecule has 0 aromatic heterocycles. The van der Waals surface area contributed by atoms with Gasteiger partial charge in [0.15, 0.2) is 0 Å². The normalized spacial score (nSPS) is 9.79. The lowest BCUT2D eigenvalue weighted by Crippen LogP contribution is -2.03. The van der Waals surface area contributed by atoms with Crippen molar-refractivity contribution in [1.29, 1.82) is 0 Å². The van der Waals surface area contributed by atoms with Crippen LogP contribution in [0.25, 0.3) is 0 Å². The van der Waals surface area contributed by atoms with E-state index < -0.39 is 0 Å². The van der Waals surface area contributed by atoms with E-state index in [4.69, 9.17) is 9.47 Å². The highest BCUT2D eigenvalue weighted by Crippen LogP contribution is 1.94. The molecular formula is C11H20O3. The maximum atomic E-state index is 10.6. The highest BCUT2D eigenvalue weighted by molar-refractivity contribution is 5.81. The lowest BCUT2D eigenvalue weighted by atomic mass is 10.3. The van der Waals surface area contributed by atoms with E-state index >= 15 is 0 Å². The molecule has 0 heterocycles. The van der Waals surface area contributed by atoms with Gasteiger partial charge in [-0.2, -0.15) is 0 Å². The molecule has 0 atom stereocenters. The summed E-state index contributed by atoms with van der Waals surface area (Å²) in [5.74, 6) is -0.350. The number of rotatable bonds is 9. The average Bonchev–Trinajstić information content (AvgIpc) is 2.21. The molecule has 0 saturated heterocycles. The number of carbonyl (C=O) groups excluding carboxylic acids is 1. The van der Waals surface area contributed by atoms with Gasteiger partial charge in [-0.3, -0.25) is 0 Å². The molecule has 0 aromatic rings. The van der Waals surface area contributed by atoms with Gasteiger partial charge < -0.3 is 9.47 Å². The van der Waals surface area contributed by atoms with Crippen LogP contribution < -0.4 is 0 Å². The lowest BCUT2D eigenvalue weighted by molar-refractivity contribution is -0.137. The minimum Gasteiger partial charge on any atom is -0.463 e. The SMILES string of the molecule is C=CC(=O)OCCCCOCCCC. The molecule has 82 valence electrons. The Morgan fingerprint density at radius 1 is 1.21 bits per heavy atom. The van der Waals surface area contributed by atoms with Gasteiger partial charge in [-0.25, -0.2) is 4.79 Å². The quantitative estimate of drug-likeness (QED) is 0.325. The van der Waals surface area contributed by atoms with Crippen molar-refractivity contribution in [3.63, 3.8) is 0 Å². The number of unbranched alkanes of at least 4 members (excludes halogenated alkanes) is 2. The fourth-order valence-corrected chi connectivity index (χ4v) is 0.886. The Labute approximate surface area is 86.1 Å². The van der Waals surface area contributed by atoms with Crippen LogP contribution in [-0.2, 0) is 14.3 Å². The first-order valence-electron chi connectivity index (χ1n) is 5.18. The summed E-state index contributed by atoms with van der Waals surface area (Å²) < 4.78 is 10.2. The molecular weight excluding hydrogens is 180 g/mol. The van der Waals surface area contributed by atoms with E-state index in [0.717, 1.165) is 38.9 Å². The lowest BCUT2D eigenvalue weighted by Gasteiger charge is -2.03. The van der Waals surface area contributed by atoms with Crippen LogP contribution in [0.4, 0.5) is 0 Å². The fraction of sp³-hybridized carbons (Fsp3) is 0.727. The highest BCUT2D eigenvalue weighted by atomic mass is 16.5. The summed E-state index contributed by atoms with van der Waals surface area (Å²) in [5, 5.41) is 0. The maximum Gasteiger partial charge on any atom is 0.330 e. The zero-order valence-corrected chi connectivity index (χ0v) is 8.96. The van der Waals surface area contributed by atoms with Crippen LogP contribution in [0, 0.1) is 0 Å². The van der Waals surface area contributed by atoms with Gasteiger partial charge in [0, 0.05) is 19.3 Å². The second-order valence-electron chi connectivity index (χ2n) is 3.04. The monoisotopic (exact) mass is 200 g/mol. The second-order valence-corrected chi connectivity index (χ2v) is 3.04. The van der Waals surface area contributed by atoms with E-state index in [-0.39, 0.29) is 5.97 Å². The van der Waals surface area contributed by atoms with E-state index in [9.17, 15) is 4.79 Å². The van der Waals surface area contributed by atoms with E-state index in [0.29, 0.717) is 6.61 Å². The smallest absolute Gasteiger partial charge is 0.330 e. The van der Waals surface area contributed by atoms with Crippen LogP contribution in [-0.4, -0.2) is 25.8 Å². The molecule has 3 heteroatoms. The molecule has 0 fully saturated rings. The van der Waals surface area contributed by atoms with Crippen LogP contribution in [0.5, 0.6) is 0 Å². The zero-order valence-electron chi connectivity index (χ0n) is 8.96. The predicted octanol–water partition coefficient (Wildman–Crippen LogP) is 2.31. The zero-order chi connectivity index (χ0) is 10.6. The average molecular weight is 200 g/mol. The summed E-state index contributed by atoms with van der Waals surface area (Å²) in [5.41, 5.74) is 0. The summed E-state index contributed by atoms with van der Waals surface area (Å²) >= 11 is 0. The maximum absolute atomic E-state index is 10.6. The molecule has 0 aliphatic carbocycles. The van der Waals surface area contributed by atoms with Crippen LogP contribution in [0.2, 0.25) is 0 Å². The Morgan fingerprint density at radius 3 is 2.50 bits per heavy atom. The Balaban J connectivity index is 2.99. The Hall–Kier alpha value is -0.830. The van der Waals surface area contributed by atoms with Crippen molar-refractivity contribution in [2.24, 2.45) is 0 Å². The number of hydrogen-bond acceptors (Lipinski definition) is 3. The number of carbonyl (C=O) groups is 1. The molecule has 0 N–H and O–H groups in total. The van der Waals surface area contributed by atoms with Gasteiger partial charge in [0.05, 0.1) is 6.61 Å². The van der Waals surface area contributed by atoms with Gasteiger partial charge in [0.2, 0.25) is 0 Å². The summed E-state index contributed by atoms with van der Waals surface area (Å²) in [7, 11) is 0. The number of esters is 1. The van der Waals surface area contributed by atoms with Gasteiger partial charge in [-0.05, 0) is 19.3 Å². The van der Waals surface area contributed by atoms with Crippen molar-refractivity contribution >= 4 is 5.97 Å². The van der Waals surface area contributed by atoms with Crippen LogP contribution in [0.3, 0.4) is 0 Å². The summed E-state index contributed by atoms with van der Waals surface area (Å²) in [6.45, 7) is 7.50. The molecule has 0 aromatic carbocycles. The molecule has 0 radical (unpaired) electrons. The topological polar surface area (TPSA) is 35.5 Å². The molecule has 0 aliphatic rings. The van der Waals surface area contributed by atoms with Crippen molar-refractivity contribution in [2.75, 3.05) is 19.8 Å². The molecule has 3 nitrogen and oxygen atoms in total. The van der Waals surface area contributed by atoms with Gasteiger partial charge in [-0.15, -0.1) is 0 Å². The molecule has 0 aliphatic heterocycles. The third-order valence-electron chi connectivity index (χ3n) is 1.74. The van der Waals surface area contributed by atoms with Gasteiger partial charge in [-0.1, -0.05) is 19.9 Å². The van der Waals surface area contributed by atoms with Crippen LogP contribution in [0.1, 0.15) is 32.6 Å². The van der Waals surface area contributed by atoms with E-state index in [1.54, 1.807) is 0 Å². The van der Waals surface area contributed by atoms with Gasteiger partial charge in [0.1, 0.15) is 0 Å². The molecule has 0 bridgehead atoms. The first-order chi connectivity index (χ1) is 6.81. The molecule has 0 amide bonds. The molecule has 0 rings (SSSR count). The predicted molar refractivity (Wildman–Crippen MR) is 56.1 cm³/mol. The molecule has 0 saturated carbocycles. The summed E-state index contributed by atoms with van der Waals surface area (Å²) in [4.78, 5) is 10.6. The fourth-order valence-electron chi connectivity index (χ4n) is 0.886. The standard InChI is InChI=1S/C11H20O3/c1-3-5-8-13-9-6-7-10-14-11(12)4-2/h4H,2-3,5-10H2,1H3. The highest BCUT2D eigenvalue weighted by Gasteiger charge is 1.94. The molecule has 0 unspecified atom stereocenters. The van der Waals surface area contributed by atoms with Crippen molar-refractivity contribution in [1.82, 2.24) is 0 Å². The first-order valence-corrected chi connectivity index (χ1v) is 5.18. The number of ether oxygens (including phenoxy) is 2. The van der Waals surface area contributed by atoms with Crippen molar-refractivity contribution in [2.45, 2.75) is 32.6 Å². The molecule has 14 heavy (non-hydrogen) atoms. The van der Waals surface area contributed by atoms with Gasteiger partial charge in [0.25, 0.3) is 0 Å². The van der Waals surface area contributed by atoms with Crippen LogP contribution >= 0.6 is 0 Å². The second kappa shape index (κ2) is 10.3. The largest absolute Gasteiger partial charge is 0.463 e. The summed E-state index contributed by atoms with van der Waals surface area (Å²) in [6, 6.07) is 0. The van der Waals surface area contributed by atoms with Gasteiger partial charge >= 0.3 is 5.97 Å². The minimum absolute atomic E-state index is 0.350. The Kier molecular flexibility index (Phi) is 9.64. The van der Waals surface area contributed by atoms with Crippen molar-refractivity contribution in [3.8, 4) is 0 Å². The third-order valence-corrected chi connectivity index (χ3v) is 1.74. The minimum atomic E-state index is -0.350. The van der Waals surface area contributed by atoms with Crippen LogP contribution in [0.15, 0.2) is 12.7 Å². The van der Waals surface area contributed by atoms with E-state index in [1.165, 1.54) is 6.08 Å². The first kappa shape index (κ1) is 13.2. The van der Waals surface area contributed by atoms with E-state index in [2.05, 4.69) is 13.5 Å². The Morgan fingerprint density at radius 2 is 1.86 bits per heavy atom. The Bertz CT molecular complexity index is 155. The van der Waals surface area contributed by atoms with E-state index in [1.807, 2.05) is 0 Å².